The van der Waals surface area contributed by atoms with E-state index < -0.39 is 11.6 Å². The summed E-state index contributed by atoms with van der Waals surface area (Å²) in [4.78, 5) is 14.2. The van der Waals surface area contributed by atoms with Gasteiger partial charge in [0.25, 0.3) is 0 Å². The van der Waals surface area contributed by atoms with Gasteiger partial charge in [-0.05, 0) is 13.1 Å². The molecule has 1 aromatic carbocycles. The van der Waals surface area contributed by atoms with E-state index in [1.54, 1.807) is 19.5 Å². The van der Waals surface area contributed by atoms with Crippen molar-refractivity contribution in [2.24, 2.45) is 0 Å². The first kappa shape index (κ1) is 22.6. The van der Waals surface area contributed by atoms with E-state index >= 15 is 8.78 Å². The predicted molar refractivity (Wildman–Crippen MR) is 120 cm³/mol. The standard InChI is InChI=1S/C22H30F2N6O2/c1-28-4-3-22(24,15-28)30(7-8-31-2)20-12-18(23)17(11-19(20)25)16-13-26-21(27-14-16)29-5-9-32-10-6-29/h11-14H,3-10,15,25H2,1-2H3. The Labute approximate surface area is 186 Å². The minimum absolute atomic E-state index is 0.219. The Morgan fingerprint density at radius 3 is 2.56 bits per heavy atom. The van der Waals surface area contributed by atoms with Crippen molar-refractivity contribution in [3.8, 4) is 11.1 Å². The number of nitrogen functional groups attached to an aromatic ring is 1. The van der Waals surface area contributed by atoms with Crippen molar-refractivity contribution in [2.45, 2.75) is 12.2 Å². The second-order valence-corrected chi connectivity index (χ2v) is 8.31. The number of aromatic nitrogens is 2. The molecule has 1 unspecified atom stereocenters. The fraction of sp³-hybridized carbons (Fsp3) is 0.545. The summed E-state index contributed by atoms with van der Waals surface area (Å²) < 4.78 is 41.5. The van der Waals surface area contributed by atoms with Gasteiger partial charge in [0.15, 0.2) is 5.79 Å². The lowest BCUT2D eigenvalue weighted by atomic mass is 10.0. The zero-order valence-electron chi connectivity index (χ0n) is 18.6. The Morgan fingerprint density at radius 1 is 1.22 bits per heavy atom. The second-order valence-electron chi connectivity index (χ2n) is 8.31. The summed E-state index contributed by atoms with van der Waals surface area (Å²) in [5.41, 5.74) is 7.73. The number of halogens is 2. The Hall–Kier alpha value is -2.56. The molecule has 174 valence electrons. The summed E-state index contributed by atoms with van der Waals surface area (Å²) in [7, 11) is 3.42. The summed E-state index contributed by atoms with van der Waals surface area (Å²) in [6.07, 6.45) is 3.48. The maximum Gasteiger partial charge on any atom is 0.225 e. The van der Waals surface area contributed by atoms with Crippen molar-refractivity contribution < 1.29 is 18.3 Å². The van der Waals surface area contributed by atoms with Crippen LogP contribution >= 0.6 is 0 Å². The highest BCUT2D eigenvalue weighted by Gasteiger charge is 2.43. The van der Waals surface area contributed by atoms with Crippen LogP contribution in [-0.2, 0) is 9.47 Å². The number of benzene rings is 1. The van der Waals surface area contributed by atoms with Crippen molar-refractivity contribution in [3.63, 3.8) is 0 Å². The third-order valence-electron chi connectivity index (χ3n) is 6.04. The van der Waals surface area contributed by atoms with Crippen LogP contribution in [0.1, 0.15) is 6.42 Å². The molecule has 2 saturated heterocycles. The van der Waals surface area contributed by atoms with E-state index in [2.05, 4.69) is 9.97 Å². The number of methoxy groups -OCH3 is 1. The van der Waals surface area contributed by atoms with Gasteiger partial charge in [0.05, 0.1) is 37.7 Å². The number of anilines is 3. The van der Waals surface area contributed by atoms with Crippen LogP contribution in [0.3, 0.4) is 0 Å². The maximum absolute atomic E-state index is 15.8. The fourth-order valence-corrected chi connectivity index (χ4v) is 4.29. The molecule has 10 heteroatoms. The molecule has 2 N–H and O–H groups in total. The van der Waals surface area contributed by atoms with Gasteiger partial charge >= 0.3 is 0 Å². The molecule has 0 saturated carbocycles. The molecule has 0 spiro atoms. The van der Waals surface area contributed by atoms with Gasteiger partial charge in [0.1, 0.15) is 5.82 Å². The van der Waals surface area contributed by atoms with Gasteiger partial charge in [-0.3, -0.25) is 0 Å². The van der Waals surface area contributed by atoms with Crippen LogP contribution in [0.5, 0.6) is 0 Å². The van der Waals surface area contributed by atoms with Crippen LogP contribution in [0.2, 0.25) is 0 Å². The Bertz CT molecular complexity index is 925. The molecule has 4 rings (SSSR count). The molecule has 0 bridgehead atoms. The van der Waals surface area contributed by atoms with Gasteiger partial charge in [0, 0.05) is 69.3 Å². The third-order valence-corrected chi connectivity index (χ3v) is 6.04. The minimum atomic E-state index is -1.64. The summed E-state index contributed by atoms with van der Waals surface area (Å²) in [6, 6.07) is 2.83. The van der Waals surface area contributed by atoms with E-state index in [0.717, 1.165) is 0 Å². The number of likely N-dealkylation sites (N-methyl/N-ethyl adjacent to an activating group) is 1. The van der Waals surface area contributed by atoms with E-state index in [4.69, 9.17) is 15.2 Å². The highest BCUT2D eigenvalue weighted by Crippen LogP contribution is 2.39. The number of rotatable bonds is 7. The topological polar surface area (TPSA) is 80.0 Å². The van der Waals surface area contributed by atoms with Crippen LogP contribution in [-0.4, -0.2) is 87.4 Å². The van der Waals surface area contributed by atoms with Crippen molar-refractivity contribution in [2.75, 3.05) is 82.2 Å². The first-order chi connectivity index (χ1) is 15.4. The largest absolute Gasteiger partial charge is 0.397 e. The van der Waals surface area contributed by atoms with Crippen molar-refractivity contribution in [1.82, 2.24) is 14.9 Å². The molecule has 3 heterocycles. The second kappa shape index (κ2) is 9.51. The zero-order chi connectivity index (χ0) is 22.7. The first-order valence-corrected chi connectivity index (χ1v) is 10.8. The number of hydrogen-bond acceptors (Lipinski definition) is 8. The number of morpholine rings is 1. The van der Waals surface area contributed by atoms with Gasteiger partial charge in [-0.1, -0.05) is 0 Å². The third kappa shape index (κ3) is 4.62. The van der Waals surface area contributed by atoms with Crippen LogP contribution in [0, 0.1) is 5.82 Å². The van der Waals surface area contributed by atoms with Gasteiger partial charge in [-0.25, -0.2) is 18.7 Å². The van der Waals surface area contributed by atoms with Crippen LogP contribution in [0.4, 0.5) is 26.1 Å². The lowest BCUT2D eigenvalue weighted by molar-refractivity contribution is 0.122. The van der Waals surface area contributed by atoms with E-state index in [9.17, 15) is 0 Å². The molecule has 8 nitrogen and oxygen atoms in total. The summed E-state index contributed by atoms with van der Waals surface area (Å²) >= 11 is 0. The highest BCUT2D eigenvalue weighted by molar-refractivity contribution is 5.77. The number of hydrogen-bond donors (Lipinski definition) is 1. The number of nitrogens with two attached hydrogens (primary N) is 1. The number of likely N-dealkylation sites (tertiary alicyclic amines) is 1. The molecule has 1 aromatic heterocycles. The maximum atomic E-state index is 15.8. The Morgan fingerprint density at radius 2 is 1.94 bits per heavy atom. The molecule has 1 atom stereocenters. The predicted octanol–water partition coefficient (Wildman–Crippen LogP) is 2.16. The number of ether oxygens (including phenoxy) is 2. The molecular formula is C22H30F2N6O2. The first-order valence-electron chi connectivity index (χ1n) is 10.8. The van der Waals surface area contributed by atoms with Crippen molar-refractivity contribution in [1.29, 1.82) is 0 Å². The lowest BCUT2D eigenvalue weighted by Gasteiger charge is -2.37. The molecule has 2 aliphatic heterocycles. The molecule has 2 aromatic rings. The summed E-state index contributed by atoms with van der Waals surface area (Å²) in [5, 5.41) is 0. The average Bonchev–Trinajstić information content (AvgIpc) is 3.16. The van der Waals surface area contributed by atoms with Crippen LogP contribution in [0.15, 0.2) is 24.5 Å². The summed E-state index contributed by atoms with van der Waals surface area (Å²) in [5.74, 6) is -1.56. The quantitative estimate of drug-likeness (QED) is 0.510. The SMILES string of the molecule is COCCN(c1cc(F)c(-c2cnc(N3CCOCC3)nc2)cc1N)C1(F)CCN(C)C1. The van der Waals surface area contributed by atoms with Gasteiger partial charge in [-0.15, -0.1) is 0 Å². The monoisotopic (exact) mass is 448 g/mol. The summed E-state index contributed by atoms with van der Waals surface area (Å²) in [6.45, 7) is 4.09. The Kier molecular flexibility index (Phi) is 6.73. The fourth-order valence-electron chi connectivity index (χ4n) is 4.29. The smallest absolute Gasteiger partial charge is 0.225 e. The van der Waals surface area contributed by atoms with Crippen molar-refractivity contribution in [3.05, 3.63) is 30.3 Å². The molecule has 32 heavy (non-hydrogen) atoms. The van der Waals surface area contributed by atoms with Gasteiger partial charge < -0.3 is 29.9 Å². The average molecular weight is 449 g/mol. The van der Waals surface area contributed by atoms with E-state index in [1.165, 1.54) is 17.0 Å². The minimum Gasteiger partial charge on any atom is -0.397 e. The lowest BCUT2D eigenvalue weighted by Crippen LogP contribution is -2.49. The van der Waals surface area contributed by atoms with Gasteiger partial charge in [-0.2, -0.15) is 0 Å². The van der Waals surface area contributed by atoms with Gasteiger partial charge in [0.2, 0.25) is 5.95 Å². The van der Waals surface area contributed by atoms with Crippen molar-refractivity contribution >= 4 is 17.3 Å². The normalized spacial score (nSPS) is 21.8. The molecule has 0 amide bonds. The molecule has 2 fully saturated rings. The molecule has 2 aliphatic rings. The van der Waals surface area contributed by atoms with Crippen LogP contribution in [0.25, 0.3) is 11.1 Å². The van der Waals surface area contributed by atoms with E-state index in [1.807, 2.05) is 16.8 Å². The number of alkyl halides is 1. The Balaban J connectivity index is 1.62. The van der Waals surface area contributed by atoms with E-state index in [0.29, 0.717) is 68.8 Å². The van der Waals surface area contributed by atoms with Crippen LogP contribution < -0.4 is 15.5 Å². The molecule has 0 radical (unpaired) electrons. The molecule has 0 aliphatic carbocycles. The number of nitrogens with zero attached hydrogens (tertiary/aromatic N) is 5. The zero-order valence-corrected chi connectivity index (χ0v) is 18.6. The highest BCUT2D eigenvalue weighted by atomic mass is 19.1. The van der Waals surface area contributed by atoms with E-state index in [-0.39, 0.29) is 18.7 Å². The molecular weight excluding hydrogens is 418 g/mol.